The van der Waals surface area contributed by atoms with E-state index in [-0.39, 0.29) is 11.4 Å². The molecule has 1 rings (SSSR count). The van der Waals surface area contributed by atoms with Crippen LogP contribution in [-0.4, -0.2) is 23.2 Å². The Labute approximate surface area is 101 Å². The predicted octanol–water partition coefficient (Wildman–Crippen LogP) is 1.59. The van der Waals surface area contributed by atoms with Crippen LogP contribution in [0.15, 0.2) is 0 Å². The molecule has 4 nitrogen and oxygen atoms in total. The first kappa shape index (κ1) is 13.3. The number of nitriles is 1. The van der Waals surface area contributed by atoms with Gasteiger partial charge in [-0.15, -0.1) is 11.8 Å². The van der Waals surface area contributed by atoms with Crippen molar-refractivity contribution in [2.24, 2.45) is 0 Å². The van der Waals surface area contributed by atoms with Gasteiger partial charge in [0.15, 0.2) is 0 Å². The SMILES string of the molecule is CCCC1CC(=O)NC(SCCCC#N)N1. The molecule has 0 aromatic rings. The Balaban J connectivity index is 2.25. The molecule has 5 heteroatoms. The van der Waals surface area contributed by atoms with Crippen molar-refractivity contribution >= 4 is 17.7 Å². The predicted molar refractivity (Wildman–Crippen MR) is 65.7 cm³/mol. The van der Waals surface area contributed by atoms with Crippen LogP contribution in [0.25, 0.3) is 0 Å². The molecule has 90 valence electrons. The van der Waals surface area contributed by atoms with E-state index in [1.165, 1.54) is 0 Å². The third-order valence-electron chi connectivity index (χ3n) is 2.47. The van der Waals surface area contributed by atoms with E-state index in [0.717, 1.165) is 25.0 Å². The number of carbonyl (C=O) groups excluding carboxylic acids is 1. The minimum Gasteiger partial charge on any atom is -0.332 e. The topological polar surface area (TPSA) is 64.9 Å². The fraction of sp³-hybridized carbons (Fsp3) is 0.818. The molecule has 0 saturated carbocycles. The molecule has 0 aromatic heterocycles. The van der Waals surface area contributed by atoms with Crippen LogP contribution in [0.3, 0.4) is 0 Å². The summed E-state index contributed by atoms with van der Waals surface area (Å²) in [5.41, 5.74) is 0.0245. The molecule has 16 heavy (non-hydrogen) atoms. The van der Waals surface area contributed by atoms with E-state index in [4.69, 9.17) is 5.26 Å². The lowest BCUT2D eigenvalue weighted by molar-refractivity contribution is -0.123. The molecule has 0 aliphatic carbocycles. The average Bonchev–Trinajstić information content (AvgIpc) is 2.24. The standard InChI is InChI=1S/C11H19N3OS/c1-2-5-9-8-10(15)14-11(13-9)16-7-4-3-6-12/h9,11,13H,2-5,7-8H2,1H3,(H,14,15). The van der Waals surface area contributed by atoms with Gasteiger partial charge in [-0.25, -0.2) is 0 Å². The van der Waals surface area contributed by atoms with Crippen LogP contribution < -0.4 is 10.6 Å². The Morgan fingerprint density at radius 1 is 1.62 bits per heavy atom. The molecule has 1 aliphatic rings. The monoisotopic (exact) mass is 241 g/mol. The number of nitrogens with zero attached hydrogens (tertiary/aromatic N) is 1. The van der Waals surface area contributed by atoms with Gasteiger partial charge in [-0.05, 0) is 18.6 Å². The molecular formula is C11H19N3OS. The molecule has 1 aliphatic heterocycles. The van der Waals surface area contributed by atoms with Gasteiger partial charge >= 0.3 is 0 Å². The first-order valence-electron chi connectivity index (χ1n) is 5.80. The summed E-state index contributed by atoms with van der Waals surface area (Å²) < 4.78 is 0. The summed E-state index contributed by atoms with van der Waals surface area (Å²) in [4.78, 5) is 11.4. The lowest BCUT2D eigenvalue weighted by Gasteiger charge is -2.31. The highest BCUT2D eigenvalue weighted by Crippen LogP contribution is 2.15. The van der Waals surface area contributed by atoms with Crippen molar-refractivity contribution in [3.63, 3.8) is 0 Å². The van der Waals surface area contributed by atoms with Gasteiger partial charge in [0, 0.05) is 18.9 Å². The van der Waals surface area contributed by atoms with Crippen molar-refractivity contribution in [2.45, 2.75) is 50.6 Å². The van der Waals surface area contributed by atoms with Gasteiger partial charge in [0.2, 0.25) is 5.91 Å². The number of nitrogens with one attached hydrogen (secondary N) is 2. The van der Waals surface area contributed by atoms with Crippen molar-refractivity contribution in [3.05, 3.63) is 0 Å². The molecule has 0 spiro atoms. The first-order valence-corrected chi connectivity index (χ1v) is 6.85. The van der Waals surface area contributed by atoms with Crippen molar-refractivity contribution in [2.75, 3.05) is 5.75 Å². The molecule has 2 N–H and O–H groups in total. The number of hydrogen-bond acceptors (Lipinski definition) is 4. The highest BCUT2D eigenvalue weighted by molar-refractivity contribution is 7.99. The van der Waals surface area contributed by atoms with E-state index in [9.17, 15) is 4.79 Å². The van der Waals surface area contributed by atoms with Crippen LogP contribution in [0.4, 0.5) is 0 Å². The van der Waals surface area contributed by atoms with Gasteiger partial charge in [0.25, 0.3) is 0 Å². The molecule has 0 bridgehead atoms. The summed E-state index contributed by atoms with van der Waals surface area (Å²) in [6.45, 7) is 2.13. The molecular weight excluding hydrogens is 222 g/mol. The minimum atomic E-state index is 0.0245. The van der Waals surface area contributed by atoms with Crippen molar-refractivity contribution < 1.29 is 4.79 Å². The van der Waals surface area contributed by atoms with Gasteiger partial charge in [-0.2, -0.15) is 5.26 Å². The summed E-state index contributed by atoms with van der Waals surface area (Å²) in [6.07, 6.45) is 4.20. The quantitative estimate of drug-likeness (QED) is 0.693. The maximum absolute atomic E-state index is 11.4. The lowest BCUT2D eigenvalue weighted by atomic mass is 10.1. The van der Waals surface area contributed by atoms with E-state index >= 15 is 0 Å². The highest BCUT2D eigenvalue weighted by atomic mass is 32.2. The van der Waals surface area contributed by atoms with Gasteiger partial charge < -0.3 is 5.32 Å². The fourth-order valence-corrected chi connectivity index (χ4v) is 2.77. The van der Waals surface area contributed by atoms with E-state index in [0.29, 0.717) is 18.9 Å². The van der Waals surface area contributed by atoms with Crippen molar-refractivity contribution in [3.8, 4) is 6.07 Å². The molecule has 0 aromatic carbocycles. The maximum Gasteiger partial charge on any atom is 0.223 e. The number of thioether (sulfide) groups is 1. The summed E-state index contributed by atoms with van der Waals surface area (Å²) in [7, 11) is 0. The highest BCUT2D eigenvalue weighted by Gasteiger charge is 2.24. The molecule has 2 unspecified atom stereocenters. The van der Waals surface area contributed by atoms with Crippen molar-refractivity contribution in [1.29, 1.82) is 5.26 Å². The normalized spacial score (nSPS) is 24.9. The summed E-state index contributed by atoms with van der Waals surface area (Å²) in [5.74, 6) is 1.04. The molecule has 2 atom stereocenters. The Kier molecular flexibility index (Phi) is 6.27. The maximum atomic E-state index is 11.4. The van der Waals surface area contributed by atoms with Gasteiger partial charge in [0.1, 0.15) is 5.50 Å². The van der Waals surface area contributed by atoms with Gasteiger partial charge in [-0.1, -0.05) is 13.3 Å². The number of amides is 1. The summed E-state index contributed by atoms with van der Waals surface area (Å²) >= 11 is 1.68. The van der Waals surface area contributed by atoms with Crippen LogP contribution in [0.1, 0.15) is 39.0 Å². The van der Waals surface area contributed by atoms with Crippen LogP contribution in [-0.2, 0) is 4.79 Å². The fourth-order valence-electron chi connectivity index (χ4n) is 1.72. The second-order valence-corrected chi connectivity index (χ2v) is 5.15. The Morgan fingerprint density at radius 2 is 2.44 bits per heavy atom. The average molecular weight is 241 g/mol. The summed E-state index contributed by atoms with van der Waals surface area (Å²) in [6, 6.07) is 2.43. The number of rotatable bonds is 6. The molecule has 0 radical (unpaired) electrons. The van der Waals surface area contributed by atoms with Crippen LogP contribution in [0.2, 0.25) is 0 Å². The molecule has 1 amide bonds. The Morgan fingerprint density at radius 3 is 3.12 bits per heavy atom. The zero-order chi connectivity index (χ0) is 11.8. The van der Waals surface area contributed by atoms with Gasteiger partial charge in [-0.3, -0.25) is 10.1 Å². The van der Waals surface area contributed by atoms with Crippen molar-refractivity contribution in [1.82, 2.24) is 10.6 Å². The third kappa shape index (κ3) is 4.86. The van der Waals surface area contributed by atoms with Gasteiger partial charge in [0.05, 0.1) is 6.07 Å². The smallest absolute Gasteiger partial charge is 0.223 e. The third-order valence-corrected chi connectivity index (χ3v) is 3.58. The molecule has 1 fully saturated rings. The summed E-state index contributed by atoms with van der Waals surface area (Å²) in [5, 5.41) is 14.7. The molecule has 1 saturated heterocycles. The number of unbranched alkanes of at least 4 members (excludes halogenated alkanes) is 1. The largest absolute Gasteiger partial charge is 0.332 e. The van der Waals surface area contributed by atoms with Crippen LogP contribution >= 0.6 is 11.8 Å². The second kappa shape index (κ2) is 7.53. The first-order chi connectivity index (χ1) is 7.76. The Bertz CT molecular complexity index is 264. The number of carbonyl (C=O) groups is 1. The zero-order valence-corrected chi connectivity index (χ0v) is 10.5. The Hall–Kier alpha value is -0.730. The van der Waals surface area contributed by atoms with E-state index in [1.54, 1.807) is 11.8 Å². The van der Waals surface area contributed by atoms with E-state index < -0.39 is 0 Å². The van der Waals surface area contributed by atoms with Crippen LogP contribution in [0.5, 0.6) is 0 Å². The zero-order valence-electron chi connectivity index (χ0n) is 9.66. The van der Waals surface area contributed by atoms with E-state index in [1.807, 2.05) is 0 Å². The van der Waals surface area contributed by atoms with Crippen LogP contribution in [0, 0.1) is 11.3 Å². The molecule has 1 heterocycles. The minimum absolute atomic E-state index is 0.0245. The van der Waals surface area contributed by atoms with E-state index in [2.05, 4.69) is 23.6 Å². The number of hydrogen-bond donors (Lipinski definition) is 2. The second-order valence-electron chi connectivity index (χ2n) is 3.94. The lowest BCUT2D eigenvalue weighted by Crippen LogP contribution is -2.54.